The number of hydrogen-bond donors (Lipinski definition) is 0. The van der Waals surface area contributed by atoms with Crippen LogP contribution in [0, 0.1) is 6.92 Å². The van der Waals surface area contributed by atoms with Gasteiger partial charge < -0.3 is 4.74 Å². The van der Waals surface area contributed by atoms with Crippen molar-refractivity contribution in [3.8, 4) is 5.75 Å². The van der Waals surface area contributed by atoms with Crippen LogP contribution in [0.25, 0.3) is 0 Å². The van der Waals surface area contributed by atoms with E-state index in [-0.39, 0.29) is 5.97 Å². The number of hydrogen-bond acceptors (Lipinski definition) is 2. The summed E-state index contributed by atoms with van der Waals surface area (Å²) < 4.78 is 5.19. The van der Waals surface area contributed by atoms with Crippen molar-refractivity contribution in [2.45, 2.75) is 33.1 Å². The molecule has 2 heteroatoms. The molecule has 0 heterocycles. The lowest BCUT2D eigenvalue weighted by Crippen LogP contribution is -2.10. The average Bonchev–Trinajstić information content (AvgIpc) is 2.29. The third-order valence-corrected chi connectivity index (χ3v) is 2.35. The van der Waals surface area contributed by atoms with Gasteiger partial charge in [-0.2, -0.15) is 0 Å². The summed E-state index contributed by atoms with van der Waals surface area (Å²) in [5.41, 5.74) is 1.69. The van der Waals surface area contributed by atoms with Crippen LogP contribution >= 0.6 is 0 Å². The molecule has 0 radical (unpaired) electrons. The van der Waals surface area contributed by atoms with Gasteiger partial charge in [-0.25, -0.2) is 4.79 Å². The Morgan fingerprint density at radius 3 is 2.50 bits per heavy atom. The van der Waals surface area contributed by atoms with Gasteiger partial charge in [0.1, 0.15) is 5.75 Å². The van der Waals surface area contributed by atoms with Crippen LogP contribution < -0.4 is 4.74 Å². The smallest absolute Gasteiger partial charge is 0.338 e. The summed E-state index contributed by atoms with van der Waals surface area (Å²) in [4.78, 5) is 11.6. The molecule has 16 heavy (non-hydrogen) atoms. The minimum Gasteiger partial charge on any atom is -0.423 e. The molecule has 0 amide bonds. The van der Waals surface area contributed by atoms with Crippen molar-refractivity contribution in [2.75, 3.05) is 0 Å². The highest BCUT2D eigenvalue weighted by molar-refractivity contribution is 5.89. The standard InChI is InChI=1S/C14H18O2/c1-4-5-6-12(3)14(15)16-13-9-7-11(2)8-10-13/h7-10H,3-6H2,1-2H3. The quantitative estimate of drug-likeness (QED) is 0.428. The van der Waals surface area contributed by atoms with Crippen molar-refractivity contribution in [1.29, 1.82) is 0 Å². The van der Waals surface area contributed by atoms with Gasteiger partial charge in [0.2, 0.25) is 0 Å². The molecule has 1 aromatic carbocycles. The van der Waals surface area contributed by atoms with Crippen molar-refractivity contribution in [2.24, 2.45) is 0 Å². The molecule has 86 valence electrons. The van der Waals surface area contributed by atoms with E-state index < -0.39 is 0 Å². The third kappa shape index (κ3) is 3.89. The van der Waals surface area contributed by atoms with Crippen LogP contribution in [0.3, 0.4) is 0 Å². The fourth-order valence-electron chi connectivity index (χ4n) is 1.28. The summed E-state index contributed by atoms with van der Waals surface area (Å²) in [5.74, 6) is 0.255. The van der Waals surface area contributed by atoms with Gasteiger partial charge in [0.05, 0.1) is 0 Å². The molecular weight excluding hydrogens is 200 g/mol. The Bertz CT molecular complexity index is 363. The zero-order chi connectivity index (χ0) is 12.0. The lowest BCUT2D eigenvalue weighted by molar-refractivity contribution is -0.130. The summed E-state index contributed by atoms with van der Waals surface area (Å²) in [6, 6.07) is 7.41. The first-order chi connectivity index (χ1) is 7.63. The van der Waals surface area contributed by atoms with E-state index in [1.807, 2.05) is 19.1 Å². The molecule has 0 aliphatic rings. The van der Waals surface area contributed by atoms with Crippen LogP contribution in [0.1, 0.15) is 31.7 Å². The Labute approximate surface area is 96.9 Å². The number of aryl methyl sites for hydroxylation is 1. The number of rotatable bonds is 5. The van der Waals surface area contributed by atoms with Gasteiger partial charge >= 0.3 is 5.97 Å². The van der Waals surface area contributed by atoms with Gasteiger partial charge in [-0.15, -0.1) is 0 Å². The second-order valence-electron chi connectivity index (χ2n) is 3.91. The summed E-state index contributed by atoms with van der Waals surface area (Å²) in [6.07, 6.45) is 2.74. The lowest BCUT2D eigenvalue weighted by atomic mass is 10.1. The monoisotopic (exact) mass is 218 g/mol. The van der Waals surface area contributed by atoms with Crippen molar-refractivity contribution in [3.05, 3.63) is 42.0 Å². The summed E-state index contributed by atoms with van der Waals surface area (Å²) >= 11 is 0. The fraction of sp³-hybridized carbons (Fsp3) is 0.357. The molecule has 2 nitrogen and oxygen atoms in total. The molecule has 0 atom stereocenters. The highest BCUT2D eigenvalue weighted by Gasteiger charge is 2.08. The summed E-state index contributed by atoms with van der Waals surface area (Å²) in [5, 5.41) is 0. The second kappa shape index (κ2) is 6.11. The normalized spacial score (nSPS) is 9.88. The van der Waals surface area contributed by atoms with Crippen LogP contribution in [0.15, 0.2) is 36.4 Å². The fourth-order valence-corrected chi connectivity index (χ4v) is 1.28. The molecule has 0 fully saturated rings. The largest absolute Gasteiger partial charge is 0.423 e. The summed E-state index contributed by atoms with van der Waals surface area (Å²) in [6.45, 7) is 7.81. The molecule has 0 aromatic heterocycles. The van der Waals surface area contributed by atoms with Crippen molar-refractivity contribution in [1.82, 2.24) is 0 Å². The Hall–Kier alpha value is -1.57. The zero-order valence-corrected chi connectivity index (χ0v) is 9.95. The van der Waals surface area contributed by atoms with Gasteiger partial charge in [0, 0.05) is 5.57 Å². The summed E-state index contributed by atoms with van der Waals surface area (Å²) in [7, 11) is 0. The first-order valence-electron chi connectivity index (χ1n) is 5.60. The van der Waals surface area contributed by atoms with E-state index >= 15 is 0 Å². The maximum Gasteiger partial charge on any atom is 0.338 e. The number of benzene rings is 1. The molecule has 0 N–H and O–H groups in total. The van der Waals surface area contributed by atoms with Crippen LogP contribution in [-0.2, 0) is 4.79 Å². The molecule has 1 rings (SSSR count). The van der Waals surface area contributed by atoms with E-state index in [1.165, 1.54) is 0 Å². The Kier molecular flexibility index (Phi) is 4.77. The van der Waals surface area contributed by atoms with E-state index in [0.29, 0.717) is 17.7 Å². The highest BCUT2D eigenvalue weighted by Crippen LogP contribution is 2.14. The van der Waals surface area contributed by atoms with Crippen LogP contribution in [0.5, 0.6) is 5.75 Å². The third-order valence-electron chi connectivity index (χ3n) is 2.35. The number of esters is 1. The predicted octanol–water partition coefficient (Wildman–Crippen LogP) is 3.65. The Morgan fingerprint density at radius 2 is 1.94 bits per heavy atom. The van der Waals surface area contributed by atoms with Crippen molar-refractivity contribution < 1.29 is 9.53 Å². The minimum absolute atomic E-state index is 0.322. The van der Waals surface area contributed by atoms with E-state index in [9.17, 15) is 4.79 Å². The van der Waals surface area contributed by atoms with Gasteiger partial charge in [0.15, 0.2) is 0 Å². The second-order valence-corrected chi connectivity index (χ2v) is 3.91. The molecule has 1 aromatic rings. The van der Waals surface area contributed by atoms with E-state index in [2.05, 4.69) is 13.5 Å². The Balaban J connectivity index is 2.51. The van der Waals surface area contributed by atoms with E-state index in [4.69, 9.17) is 4.74 Å². The highest BCUT2D eigenvalue weighted by atomic mass is 16.5. The molecular formula is C14H18O2. The maximum absolute atomic E-state index is 11.6. The minimum atomic E-state index is -0.322. The Morgan fingerprint density at radius 1 is 1.31 bits per heavy atom. The number of ether oxygens (including phenoxy) is 1. The SMILES string of the molecule is C=C(CCCC)C(=O)Oc1ccc(C)cc1. The first-order valence-corrected chi connectivity index (χ1v) is 5.60. The molecule has 0 saturated carbocycles. The molecule has 0 aliphatic heterocycles. The predicted molar refractivity (Wildman–Crippen MR) is 65.5 cm³/mol. The van der Waals surface area contributed by atoms with Gasteiger partial charge in [-0.05, 0) is 31.9 Å². The average molecular weight is 218 g/mol. The molecule has 0 aliphatic carbocycles. The molecule has 0 spiro atoms. The van der Waals surface area contributed by atoms with Crippen LogP contribution in [0.2, 0.25) is 0 Å². The number of carbonyl (C=O) groups excluding carboxylic acids is 1. The molecule has 0 saturated heterocycles. The van der Waals surface area contributed by atoms with E-state index in [1.54, 1.807) is 12.1 Å². The lowest BCUT2D eigenvalue weighted by Gasteiger charge is -2.06. The van der Waals surface area contributed by atoms with Crippen LogP contribution in [-0.4, -0.2) is 5.97 Å². The van der Waals surface area contributed by atoms with Gasteiger partial charge in [0.25, 0.3) is 0 Å². The van der Waals surface area contributed by atoms with E-state index in [0.717, 1.165) is 18.4 Å². The topological polar surface area (TPSA) is 26.3 Å². The molecule has 0 unspecified atom stereocenters. The van der Waals surface area contributed by atoms with Gasteiger partial charge in [-0.3, -0.25) is 0 Å². The molecule has 0 bridgehead atoms. The first kappa shape index (κ1) is 12.5. The number of carbonyl (C=O) groups is 1. The maximum atomic E-state index is 11.6. The van der Waals surface area contributed by atoms with Crippen LogP contribution in [0.4, 0.5) is 0 Å². The van der Waals surface area contributed by atoms with Gasteiger partial charge in [-0.1, -0.05) is 37.6 Å². The number of unbranched alkanes of at least 4 members (excludes halogenated alkanes) is 1. The van der Waals surface area contributed by atoms with Crippen molar-refractivity contribution in [3.63, 3.8) is 0 Å². The van der Waals surface area contributed by atoms with Crippen molar-refractivity contribution >= 4 is 5.97 Å². The zero-order valence-electron chi connectivity index (χ0n) is 9.95.